The molecule has 0 rings (SSSR count). The largest absolute Gasteiger partial charge is 0.297 e. The van der Waals surface area contributed by atoms with Crippen LogP contribution in [-0.4, -0.2) is 20.6 Å². The molecule has 2 atom stereocenters. The van der Waals surface area contributed by atoms with Gasteiger partial charge >= 0.3 is 0 Å². The maximum Gasteiger partial charge on any atom is 0.102 e. The monoisotopic (exact) mass is 165 g/mol. The first-order valence-corrected chi connectivity index (χ1v) is 4.83. The van der Waals surface area contributed by atoms with Crippen LogP contribution in [-0.2, 0) is 0 Å². The summed E-state index contributed by atoms with van der Waals surface area (Å²) in [6, 6.07) is 0. The van der Waals surface area contributed by atoms with E-state index in [9.17, 15) is 0 Å². The highest BCUT2D eigenvalue weighted by molar-refractivity contribution is 6.08. The molecule has 0 aromatic carbocycles. The summed E-state index contributed by atoms with van der Waals surface area (Å²) in [5.74, 6) is 1.29. The summed E-state index contributed by atoms with van der Waals surface area (Å²) in [4.78, 5) is 4.20. The molecule has 0 saturated heterocycles. The molecule has 0 radical (unpaired) electrons. The van der Waals surface area contributed by atoms with Crippen molar-refractivity contribution in [2.24, 2.45) is 16.8 Å². The highest BCUT2D eigenvalue weighted by Crippen LogP contribution is 2.05. The van der Waals surface area contributed by atoms with Crippen molar-refractivity contribution >= 4 is 14.1 Å². The van der Waals surface area contributed by atoms with Crippen molar-refractivity contribution in [3.05, 3.63) is 12.2 Å². The minimum absolute atomic E-state index is 0.579. The molecule has 0 aromatic heterocycles. The lowest BCUT2D eigenvalue weighted by atomic mass is 9.92. The molecule has 0 aliphatic carbocycles. The standard InChI is InChI=1S/C10H20BN/c1-4-12-8-10(3)6-5-9(2)7-11/h4-6,9-10H,7-8,11H2,1-3H3/b6-5-,12-4+. The number of allylic oxidation sites excluding steroid dienone is 1. The second kappa shape index (κ2) is 7.14. The molecule has 68 valence electrons. The molecular weight excluding hydrogens is 145 g/mol. The zero-order chi connectivity index (χ0) is 9.40. The summed E-state index contributed by atoms with van der Waals surface area (Å²) >= 11 is 0. The van der Waals surface area contributed by atoms with Gasteiger partial charge in [0.05, 0.1) is 0 Å². The lowest BCUT2D eigenvalue weighted by Crippen LogP contribution is -1.96. The van der Waals surface area contributed by atoms with E-state index in [4.69, 9.17) is 0 Å². The SMILES string of the molecule is BCC(C)/C=C\C(C)C/N=C/C. The lowest BCUT2D eigenvalue weighted by Gasteiger charge is -2.03. The Kier molecular flexibility index (Phi) is 6.83. The Labute approximate surface area is 77.4 Å². The smallest absolute Gasteiger partial charge is 0.102 e. The fourth-order valence-corrected chi connectivity index (χ4v) is 0.848. The Hall–Kier alpha value is -0.525. The lowest BCUT2D eigenvalue weighted by molar-refractivity contribution is 0.724. The number of hydrogen-bond donors (Lipinski definition) is 0. The molecule has 0 heterocycles. The van der Waals surface area contributed by atoms with Gasteiger partial charge in [-0.05, 0) is 25.0 Å². The summed E-state index contributed by atoms with van der Waals surface area (Å²) in [7, 11) is 2.21. The molecule has 2 heteroatoms. The molecule has 0 saturated carbocycles. The van der Waals surface area contributed by atoms with Gasteiger partial charge in [-0.15, -0.1) is 0 Å². The fraction of sp³-hybridized carbons (Fsp3) is 0.700. The highest BCUT2D eigenvalue weighted by Gasteiger charge is 1.95. The molecule has 0 bridgehead atoms. The van der Waals surface area contributed by atoms with Crippen molar-refractivity contribution in [1.82, 2.24) is 0 Å². The predicted molar refractivity (Wildman–Crippen MR) is 59.9 cm³/mol. The van der Waals surface area contributed by atoms with Gasteiger partial charge in [0, 0.05) is 6.54 Å². The van der Waals surface area contributed by atoms with Gasteiger partial charge in [0.2, 0.25) is 0 Å². The van der Waals surface area contributed by atoms with Crippen molar-refractivity contribution in [3.63, 3.8) is 0 Å². The fourth-order valence-electron chi connectivity index (χ4n) is 0.848. The van der Waals surface area contributed by atoms with Gasteiger partial charge in [-0.2, -0.15) is 0 Å². The van der Waals surface area contributed by atoms with Gasteiger partial charge in [0.15, 0.2) is 0 Å². The van der Waals surface area contributed by atoms with Crippen LogP contribution < -0.4 is 0 Å². The van der Waals surface area contributed by atoms with E-state index in [2.05, 4.69) is 38.8 Å². The summed E-state index contributed by atoms with van der Waals surface area (Å²) < 4.78 is 0. The van der Waals surface area contributed by atoms with Crippen LogP contribution >= 0.6 is 0 Å². The van der Waals surface area contributed by atoms with Gasteiger partial charge in [-0.25, -0.2) is 0 Å². The normalized spacial score (nSPS) is 17.2. The summed E-state index contributed by atoms with van der Waals surface area (Å²) in [5, 5.41) is 0. The van der Waals surface area contributed by atoms with E-state index in [0.29, 0.717) is 11.8 Å². The Balaban J connectivity index is 3.66. The molecule has 1 nitrogen and oxygen atoms in total. The summed E-state index contributed by atoms with van der Waals surface area (Å²) in [5.41, 5.74) is 0. The number of rotatable bonds is 5. The molecule has 0 amide bonds. The van der Waals surface area contributed by atoms with Crippen LogP contribution in [0.2, 0.25) is 6.32 Å². The summed E-state index contributed by atoms with van der Waals surface area (Å²) in [6.07, 6.45) is 7.64. The molecule has 0 fully saturated rings. The second-order valence-corrected chi connectivity index (χ2v) is 3.37. The predicted octanol–water partition coefficient (Wildman–Crippen LogP) is 1.96. The molecule has 0 aliphatic heterocycles. The average Bonchev–Trinajstić information content (AvgIpc) is 2.10. The van der Waals surface area contributed by atoms with Gasteiger partial charge < -0.3 is 0 Å². The van der Waals surface area contributed by atoms with E-state index >= 15 is 0 Å². The quantitative estimate of drug-likeness (QED) is 0.335. The van der Waals surface area contributed by atoms with E-state index in [-0.39, 0.29) is 0 Å². The number of hydrogen-bond acceptors (Lipinski definition) is 1. The van der Waals surface area contributed by atoms with Crippen molar-refractivity contribution in [1.29, 1.82) is 0 Å². The van der Waals surface area contributed by atoms with Crippen LogP contribution in [0.1, 0.15) is 20.8 Å². The van der Waals surface area contributed by atoms with Gasteiger partial charge in [-0.1, -0.05) is 32.3 Å². The topological polar surface area (TPSA) is 12.4 Å². The number of aliphatic imine (C=N–C) groups is 1. The van der Waals surface area contributed by atoms with Gasteiger partial charge in [-0.3, -0.25) is 4.99 Å². The van der Waals surface area contributed by atoms with E-state index in [1.807, 2.05) is 13.1 Å². The van der Waals surface area contributed by atoms with Gasteiger partial charge in [0.25, 0.3) is 0 Å². The van der Waals surface area contributed by atoms with Crippen LogP contribution in [0.25, 0.3) is 0 Å². The Morgan fingerprint density at radius 1 is 1.25 bits per heavy atom. The average molecular weight is 165 g/mol. The second-order valence-electron chi connectivity index (χ2n) is 3.37. The van der Waals surface area contributed by atoms with E-state index in [1.165, 1.54) is 6.32 Å². The molecule has 0 aromatic rings. The van der Waals surface area contributed by atoms with E-state index in [0.717, 1.165) is 6.54 Å². The minimum Gasteiger partial charge on any atom is -0.297 e. The first-order chi connectivity index (χ1) is 5.70. The van der Waals surface area contributed by atoms with Gasteiger partial charge in [0.1, 0.15) is 7.85 Å². The number of nitrogens with zero attached hydrogens (tertiary/aromatic N) is 1. The third-order valence-electron chi connectivity index (χ3n) is 1.99. The zero-order valence-electron chi connectivity index (χ0n) is 8.75. The zero-order valence-corrected chi connectivity index (χ0v) is 8.75. The molecule has 0 N–H and O–H groups in total. The van der Waals surface area contributed by atoms with Crippen molar-refractivity contribution in [2.45, 2.75) is 27.1 Å². The Morgan fingerprint density at radius 3 is 2.33 bits per heavy atom. The van der Waals surface area contributed by atoms with Crippen LogP contribution in [0.4, 0.5) is 0 Å². The van der Waals surface area contributed by atoms with E-state index < -0.39 is 0 Å². The maximum atomic E-state index is 4.20. The van der Waals surface area contributed by atoms with Crippen molar-refractivity contribution in [3.8, 4) is 0 Å². The van der Waals surface area contributed by atoms with Crippen molar-refractivity contribution in [2.75, 3.05) is 6.54 Å². The third-order valence-corrected chi connectivity index (χ3v) is 1.99. The maximum absolute atomic E-state index is 4.20. The minimum atomic E-state index is 0.579. The van der Waals surface area contributed by atoms with Crippen LogP contribution in [0.15, 0.2) is 17.1 Å². The molecule has 2 unspecified atom stereocenters. The summed E-state index contributed by atoms with van der Waals surface area (Å²) in [6.45, 7) is 7.33. The van der Waals surface area contributed by atoms with Crippen molar-refractivity contribution < 1.29 is 0 Å². The first-order valence-electron chi connectivity index (χ1n) is 4.83. The third kappa shape index (κ3) is 6.20. The Bertz CT molecular complexity index is 152. The molecule has 0 spiro atoms. The molecular formula is C10H20BN. The van der Waals surface area contributed by atoms with Crippen LogP contribution in [0.5, 0.6) is 0 Å². The van der Waals surface area contributed by atoms with Crippen LogP contribution in [0, 0.1) is 11.8 Å². The Morgan fingerprint density at radius 2 is 1.83 bits per heavy atom. The molecule has 12 heavy (non-hydrogen) atoms. The van der Waals surface area contributed by atoms with E-state index in [1.54, 1.807) is 0 Å². The first kappa shape index (κ1) is 11.5. The highest BCUT2D eigenvalue weighted by atomic mass is 14.7. The molecule has 0 aliphatic rings. The van der Waals surface area contributed by atoms with Crippen LogP contribution in [0.3, 0.4) is 0 Å².